The van der Waals surface area contributed by atoms with Crippen LogP contribution in [0.25, 0.3) is 0 Å². The zero-order valence-corrected chi connectivity index (χ0v) is 13.0. The van der Waals surface area contributed by atoms with Crippen molar-refractivity contribution < 1.29 is 10.2 Å². The lowest BCUT2D eigenvalue weighted by Crippen LogP contribution is -2.46. The molecule has 2 rings (SSSR count). The van der Waals surface area contributed by atoms with Gasteiger partial charge in [0.05, 0.1) is 5.38 Å². The summed E-state index contributed by atoms with van der Waals surface area (Å²) in [5.41, 5.74) is 0.0690. The molecule has 0 aromatic heterocycles. The second kappa shape index (κ2) is 6.61. The van der Waals surface area contributed by atoms with Crippen LogP contribution in [0.5, 0.6) is 0 Å². The molecular weight excluding hydrogens is 284 g/mol. The Kier molecular flexibility index (Phi) is 5.04. The molecule has 0 spiro atoms. The van der Waals surface area contributed by atoms with Crippen molar-refractivity contribution in [1.82, 2.24) is 0 Å². The van der Waals surface area contributed by atoms with Gasteiger partial charge in [-0.15, -0.1) is 11.6 Å². The summed E-state index contributed by atoms with van der Waals surface area (Å²) in [7, 11) is 0. The fraction of sp³-hybridized carbons (Fsp3) is 0.333. The van der Waals surface area contributed by atoms with E-state index in [0.29, 0.717) is 5.56 Å². The molecule has 0 heterocycles. The first-order valence-electron chi connectivity index (χ1n) is 7.13. The standard InChI is InChI=1S/C18H21ClO2/c1-13(2)18(21,15-11-7-4-8-12-15)17(20)16(19)14-9-5-3-6-10-14/h3-13,16-17,20-21H,1-2H3/t16-,17+,18+/m0/s1. The van der Waals surface area contributed by atoms with Crippen molar-refractivity contribution in [1.29, 1.82) is 0 Å². The van der Waals surface area contributed by atoms with Crippen molar-refractivity contribution in [3.63, 3.8) is 0 Å². The second-order valence-corrected chi connectivity index (χ2v) is 6.07. The van der Waals surface area contributed by atoms with Crippen molar-refractivity contribution in [2.45, 2.75) is 30.9 Å². The van der Waals surface area contributed by atoms with E-state index in [4.69, 9.17) is 11.6 Å². The molecule has 2 nitrogen and oxygen atoms in total. The smallest absolute Gasteiger partial charge is 0.119 e. The van der Waals surface area contributed by atoms with Crippen molar-refractivity contribution in [3.8, 4) is 0 Å². The molecule has 0 aliphatic carbocycles. The fourth-order valence-corrected chi connectivity index (χ4v) is 2.93. The summed E-state index contributed by atoms with van der Waals surface area (Å²) < 4.78 is 0. The van der Waals surface area contributed by atoms with Gasteiger partial charge in [0.15, 0.2) is 0 Å². The largest absolute Gasteiger partial charge is 0.388 e. The van der Waals surface area contributed by atoms with Crippen LogP contribution in [0, 0.1) is 5.92 Å². The molecule has 2 aromatic carbocycles. The van der Waals surface area contributed by atoms with E-state index in [2.05, 4.69) is 0 Å². The van der Waals surface area contributed by atoms with Gasteiger partial charge >= 0.3 is 0 Å². The van der Waals surface area contributed by atoms with E-state index in [1.165, 1.54) is 0 Å². The van der Waals surface area contributed by atoms with Crippen molar-refractivity contribution in [2.24, 2.45) is 5.92 Å². The number of benzene rings is 2. The Morgan fingerprint density at radius 1 is 0.905 bits per heavy atom. The third-order valence-electron chi connectivity index (χ3n) is 3.96. The topological polar surface area (TPSA) is 40.5 Å². The molecule has 3 atom stereocenters. The molecular formula is C18H21ClO2. The van der Waals surface area contributed by atoms with Crippen molar-refractivity contribution in [3.05, 3.63) is 71.8 Å². The summed E-state index contributed by atoms with van der Waals surface area (Å²) in [5.74, 6) is -0.181. The number of aliphatic hydroxyl groups is 2. The van der Waals surface area contributed by atoms with Gasteiger partial charge in [0, 0.05) is 0 Å². The number of alkyl halides is 1. The highest BCUT2D eigenvalue weighted by Crippen LogP contribution is 2.40. The molecule has 2 N–H and O–H groups in total. The quantitative estimate of drug-likeness (QED) is 0.823. The first-order chi connectivity index (χ1) is 9.98. The van der Waals surface area contributed by atoms with Crippen LogP contribution >= 0.6 is 11.6 Å². The Morgan fingerprint density at radius 2 is 1.38 bits per heavy atom. The number of halogens is 1. The summed E-state index contributed by atoms with van der Waals surface area (Å²) in [4.78, 5) is 0. The van der Waals surface area contributed by atoms with E-state index in [9.17, 15) is 10.2 Å². The van der Waals surface area contributed by atoms with E-state index in [1.54, 1.807) is 0 Å². The van der Waals surface area contributed by atoms with E-state index in [1.807, 2.05) is 74.5 Å². The average molecular weight is 305 g/mol. The van der Waals surface area contributed by atoms with Crippen LogP contribution in [0.3, 0.4) is 0 Å². The Labute approximate surface area is 131 Å². The van der Waals surface area contributed by atoms with Crippen LogP contribution in [0.1, 0.15) is 30.4 Å². The third kappa shape index (κ3) is 3.13. The number of aliphatic hydroxyl groups excluding tert-OH is 1. The predicted octanol–water partition coefficient (Wildman–Crippen LogP) is 3.87. The molecule has 0 saturated heterocycles. The fourth-order valence-electron chi connectivity index (χ4n) is 2.59. The monoisotopic (exact) mass is 304 g/mol. The minimum absolute atomic E-state index is 0.181. The Hall–Kier alpha value is -1.35. The summed E-state index contributed by atoms with van der Waals surface area (Å²) in [6.45, 7) is 3.76. The van der Waals surface area contributed by atoms with Crippen LogP contribution in [-0.4, -0.2) is 16.3 Å². The first kappa shape index (κ1) is 16.0. The van der Waals surface area contributed by atoms with Gasteiger partial charge in [-0.05, 0) is 17.0 Å². The van der Waals surface area contributed by atoms with Gasteiger partial charge < -0.3 is 10.2 Å². The van der Waals surface area contributed by atoms with Crippen molar-refractivity contribution in [2.75, 3.05) is 0 Å². The Balaban J connectivity index is 2.39. The maximum absolute atomic E-state index is 11.1. The maximum atomic E-state index is 11.1. The number of hydrogen-bond donors (Lipinski definition) is 2. The maximum Gasteiger partial charge on any atom is 0.119 e. The molecule has 0 aliphatic rings. The highest BCUT2D eigenvalue weighted by atomic mass is 35.5. The summed E-state index contributed by atoms with van der Waals surface area (Å²) in [6.07, 6.45) is -1.11. The molecule has 0 radical (unpaired) electrons. The SMILES string of the molecule is CC(C)[C@@](O)(c1ccccc1)[C@H](O)[C@@H](Cl)c1ccccc1. The van der Waals surface area contributed by atoms with Gasteiger partial charge in [-0.1, -0.05) is 74.5 Å². The highest BCUT2D eigenvalue weighted by Gasteiger charge is 2.44. The average Bonchev–Trinajstić information content (AvgIpc) is 2.54. The number of rotatable bonds is 5. The molecule has 21 heavy (non-hydrogen) atoms. The van der Waals surface area contributed by atoms with E-state index >= 15 is 0 Å². The third-order valence-corrected chi connectivity index (χ3v) is 4.45. The minimum atomic E-state index is -1.40. The normalized spacial score (nSPS) is 17.2. The minimum Gasteiger partial charge on any atom is -0.388 e. The van der Waals surface area contributed by atoms with Crippen LogP contribution < -0.4 is 0 Å². The summed E-state index contributed by atoms with van der Waals surface area (Å²) in [5, 5.41) is 21.2. The van der Waals surface area contributed by atoms with Gasteiger partial charge in [0.25, 0.3) is 0 Å². The number of hydrogen-bond acceptors (Lipinski definition) is 2. The summed E-state index contributed by atoms with van der Waals surface area (Å²) in [6, 6.07) is 18.6. The highest BCUT2D eigenvalue weighted by molar-refractivity contribution is 6.21. The van der Waals surface area contributed by atoms with Crippen LogP contribution in [-0.2, 0) is 5.60 Å². The van der Waals surface area contributed by atoms with Gasteiger partial charge in [-0.3, -0.25) is 0 Å². The predicted molar refractivity (Wildman–Crippen MR) is 86.2 cm³/mol. The molecule has 0 amide bonds. The lowest BCUT2D eigenvalue weighted by Gasteiger charge is -2.39. The molecule has 0 bridgehead atoms. The molecule has 112 valence electrons. The zero-order valence-electron chi connectivity index (χ0n) is 12.3. The van der Waals surface area contributed by atoms with Gasteiger partial charge in [-0.25, -0.2) is 0 Å². The van der Waals surface area contributed by atoms with Gasteiger partial charge in [0.1, 0.15) is 11.7 Å². The van der Waals surface area contributed by atoms with Crippen LogP contribution in [0.2, 0.25) is 0 Å². The van der Waals surface area contributed by atoms with Gasteiger partial charge in [-0.2, -0.15) is 0 Å². The molecule has 2 aromatic rings. The second-order valence-electron chi connectivity index (χ2n) is 5.60. The van der Waals surface area contributed by atoms with Crippen LogP contribution in [0.4, 0.5) is 0 Å². The lowest BCUT2D eigenvalue weighted by atomic mass is 9.77. The molecule has 0 unspecified atom stereocenters. The van der Waals surface area contributed by atoms with E-state index in [0.717, 1.165) is 5.56 Å². The van der Waals surface area contributed by atoms with E-state index in [-0.39, 0.29) is 5.92 Å². The lowest BCUT2D eigenvalue weighted by molar-refractivity contribution is -0.113. The Morgan fingerprint density at radius 3 is 1.86 bits per heavy atom. The molecule has 0 aliphatic heterocycles. The molecule has 0 fully saturated rings. The van der Waals surface area contributed by atoms with Crippen LogP contribution in [0.15, 0.2) is 60.7 Å². The zero-order chi connectivity index (χ0) is 15.5. The van der Waals surface area contributed by atoms with E-state index < -0.39 is 17.1 Å². The molecule has 3 heteroatoms. The van der Waals surface area contributed by atoms with Crippen molar-refractivity contribution >= 4 is 11.6 Å². The summed E-state index contributed by atoms with van der Waals surface area (Å²) >= 11 is 6.43. The first-order valence-corrected chi connectivity index (χ1v) is 7.56. The molecule has 0 saturated carbocycles. The van der Waals surface area contributed by atoms with Gasteiger partial charge in [0.2, 0.25) is 0 Å². The Bertz CT molecular complexity index is 556.